The van der Waals surface area contributed by atoms with E-state index in [2.05, 4.69) is 9.88 Å². The zero-order valence-corrected chi connectivity index (χ0v) is 18.4. The Bertz CT molecular complexity index is 1160. The maximum atomic E-state index is 13.1. The van der Waals surface area contributed by atoms with E-state index in [1.165, 1.54) is 4.90 Å². The van der Waals surface area contributed by atoms with Gasteiger partial charge in [-0.1, -0.05) is 12.1 Å². The number of anilines is 1. The van der Waals surface area contributed by atoms with Crippen molar-refractivity contribution in [3.8, 4) is 0 Å². The smallest absolute Gasteiger partial charge is 0.338 e. The van der Waals surface area contributed by atoms with Crippen molar-refractivity contribution < 1.29 is 23.5 Å². The highest BCUT2D eigenvalue weighted by molar-refractivity contribution is 6.22. The minimum absolute atomic E-state index is 0.159. The Morgan fingerprint density at radius 2 is 1.82 bits per heavy atom. The maximum absolute atomic E-state index is 13.1. The lowest BCUT2D eigenvalue weighted by atomic mass is 9.95. The molecule has 2 fully saturated rings. The molecule has 8 heteroatoms. The molecule has 33 heavy (non-hydrogen) atoms. The highest BCUT2D eigenvalue weighted by Gasteiger charge is 2.43. The molecule has 2 amide bonds. The summed E-state index contributed by atoms with van der Waals surface area (Å²) in [5.74, 6) is 0.0716. The van der Waals surface area contributed by atoms with Gasteiger partial charge < -0.3 is 9.15 Å². The van der Waals surface area contributed by atoms with E-state index in [9.17, 15) is 14.4 Å². The molecule has 1 atom stereocenters. The third kappa shape index (κ3) is 4.02. The van der Waals surface area contributed by atoms with E-state index in [0.29, 0.717) is 24.3 Å². The van der Waals surface area contributed by atoms with Crippen LogP contribution in [0.3, 0.4) is 0 Å². The van der Waals surface area contributed by atoms with Gasteiger partial charge in [-0.3, -0.25) is 14.5 Å². The van der Waals surface area contributed by atoms with Gasteiger partial charge in [0, 0.05) is 5.92 Å². The molecule has 8 nitrogen and oxygen atoms in total. The number of ether oxygens (including phenoxy) is 1. The van der Waals surface area contributed by atoms with Gasteiger partial charge in [-0.15, -0.1) is 0 Å². The number of carbonyl (C=O) groups excluding carboxylic acids is 3. The van der Waals surface area contributed by atoms with E-state index < -0.39 is 12.0 Å². The normalized spacial score (nSPS) is 20.0. The average molecular weight is 447 g/mol. The molecule has 0 aliphatic carbocycles. The van der Waals surface area contributed by atoms with Crippen LogP contribution in [0.5, 0.6) is 0 Å². The fraction of sp³-hybridized carbons (Fsp3) is 0.360. The van der Waals surface area contributed by atoms with E-state index in [4.69, 9.17) is 9.15 Å². The van der Waals surface area contributed by atoms with E-state index in [0.717, 1.165) is 29.8 Å². The summed E-state index contributed by atoms with van der Waals surface area (Å²) in [6.07, 6.45) is 1.80. The minimum Gasteiger partial charge on any atom is -0.462 e. The Hall–Kier alpha value is -3.52. The molecule has 5 rings (SSSR count). The van der Waals surface area contributed by atoms with Gasteiger partial charge in [0.2, 0.25) is 5.91 Å². The largest absolute Gasteiger partial charge is 0.462 e. The number of fused-ring (bicyclic) bond motifs is 1. The summed E-state index contributed by atoms with van der Waals surface area (Å²) >= 11 is 0. The zero-order chi connectivity index (χ0) is 22.9. The fourth-order valence-corrected chi connectivity index (χ4v) is 4.66. The predicted octanol–water partition coefficient (Wildman–Crippen LogP) is 3.52. The van der Waals surface area contributed by atoms with Crippen LogP contribution in [0.4, 0.5) is 5.69 Å². The Morgan fingerprint density at radius 1 is 1.09 bits per heavy atom. The van der Waals surface area contributed by atoms with Gasteiger partial charge in [0.05, 0.1) is 30.3 Å². The van der Waals surface area contributed by atoms with Gasteiger partial charge in [-0.25, -0.2) is 14.7 Å². The number of aromatic nitrogens is 1. The molecule has 170 valence electrons. The molecule has 1 aromatic heterocycles. The van der Waals surface area contributed by atoms with Crippen LogP contribution in [-0.4, -0.2) is 53.4 Å². The molecule has 2 aromatic carbocycles. The molecular weight excluding hydrogens is 422 g/mol. The number of benzene rings is 2. The summed E-state index contributed by atoms with van der Waals surface area (Å²) in [7, 11) is 0. The fourth-order valence-electron chi connectivity index (χ4n) is 4.66. The monoisotopic (exact) mass is 447 g/mol. The van der Waals surface area contributed by atoms with E-state index >= 15 is 0 Å². The summed E-state index contributed by atoms with van der Waals surface area (Å²) in [4.78, 5) is 45.6. The number of amides is 2. The van der Waals surface area contributed by atoms with Crippen LogP contribution in [-0.2, 0) is 14.3 Å². The Labute approximate surface area is 191 Å². The summed E-state index contributed by atoms with van der Waals surface area (Å²) in [5.41, 5.74) is 2.51. The molecule has 2 aliphatic heterocycles. The molecule has 2 aliphatic rings. The van der Waals surface area contributed by atoms with Crippen molar-refractivity contribution in [2.75, 3.05) is 24.6 Å². The SMILES string of the molecule is CCOC(=O)c1ccc(N2C(=O)CC(N3CCC(c4nc5ccccc5o4)CC3)C2=O)cc1. The topological polar surface area (TPSA) is 92.9 Å². The lowest BCUT2D eigenvalue weighted by molar-refractivity contribution is -0.123. The number of esters is 1. The number of likely N-dealkylation sites (tertiary alicyclic amines) is 1. The first-order chi connectivity index (χ1) is 16.0. The van der Waals surface area contributed by atoms with Gasteiger partial charge in [0.25, 0.3) is 5.91 Å². The number of carbonyl (C=O) groups is 3. The third-order valence-electron chi connectivity index (χ3n) is 6.39. The van der Waals surface area contributed by atoms with Crippen molar-refractivity contribution in [2.24, 2.45) is 0 Å². The van der Waals surface area contributed by atoms with Crippen molar-refractivity contribution >= 4 is 34.6 Å². The maximum Gasteiger partial charge on any atom is 0.338 e. The van der Waals surface area contributed by atoms with Crippen LogP contribution in [0.15, 0.2) is 52.9 Å². The van der Waals surface area contributed by atoms with Crippen molar-refractivity contribution in [3.63, 3.8) is 0 Å². The van der Waals surface area contributed by atoms with Gasteiger partial charge in [0.15, 0.2) is 11.5 Å². The van der Waals surface area contributed by atoms with Gasteiger partial charge in [-0.05, 0) is 69.3 Å². The van der Waals surface area contributed by atoms with Crippen LogP contribution < -0.4 is 4.90 Å². The molecule has 3 aromatic rings. The first-order valence-corrected chi connectivity index (χ1v) is 11.3. The van der Waals surface area contributed by atoms with Crippen molar-refractivity contribution in [1.29, 1.82) is 0 Å². The number of oxazole rings is 1. The summed E-state index contributed by atoms with van der Waals surface area (Å²) in [6.45, 7) is 3.42. The molecule has 0 radical (unpaired) electrons. The van der Waals surface area contributed by atoms with Crippen LogP contribution in [0.25, 0.3) is 11.1 Å². The van der Waals surface area contributed by atoms with E-state index in [1.807, 2.05) is 24.3 Å². The number of piperidine rings is 1. The van der Waals surface area contributed by atoms with Crippen LogP contribution >= 0.6 is 0 Å². The molecule has 2 saturated heterocycles. The predicted molar refractivity (Wildman–Crippen MR) is 121 cm³/mol. The lowest BCUT2D eigenvalue weighted by Gasteiger charge is -2.33. The number of rotatable bonds is 5. The molecule has 1 unspecified atom stereocenters. The van der Waals surface area contributed by atoms with Crippen molar-refractivity contribution in [3.05, 3.63) is 60.0 Å². The average Bonchev–Trinajstić information content (AvgIpc) is 3.40. The standard InChI is InChI=1S/C25H25N3O5/c1-2-32-25(31)17-7-9-18(10-8-17)28-22(29)15-20(24(28)30)27-13-11-16(12-14-27)23-26-19-5-3-4-6-21(19)33-23/h3-10,16,20H,2,11-15H2,1H3. The minimum atomic E-state index is -0.466. The number of imide groups is 1. The lowest BCUT2D eigenvalue weighted by Crippen LogP contribution is -2.45. The summed E-state index contributed by atoms with van der Waals surface area (Å²) < 4.78 is 10.9. The Balaban J connectivity index is 1.24. The molecule has 0 bridgehead atoms. The highest BCUT2D eigenvalue weighted by Crippen LogP contribution is 2.33. The second-order valence-corrected chi connectivity index (χ2v) is 8.38. The quantitative estimate of drug-likeness (QED) is 0.436. The Morgan fingerprint density at radius 3 is 2.52 bits per heavy atom. The first kappa shape index (κ1) is 21.3. The molecular formula is C25H25N3O5. The van der Waals surface area contributed by atoms with E-state index in [-0.39, 0.29) is 30.8 Å². The molecule has 0 spiro atoms. The van der Waals surface area contributed by atoms with Gasteiger partial charge in [0.1, 0.15) is 5.52 Å². The van der Waals surface area contributed by atoms with Crippen LogP contribution in [0.1, 0.15) is 48.4 Å². The van der Waals surface area contributed by atoms with Crippen LogP contribution in [0.2, 0.25) is 0 Å². The van der Waals surface area contributed by atoms with Crippen molar-refractivity contribution in [2.45, 2.75) is 38.1 Å². The number of hydrogen-bond donors (Lipinski definition) is 0. The number of para-hydroxylation sites is 2. The van der Waals surface area contributed by atoms with E-state index in [1.54, 1.807) is 31.2 Å². The number of nitrogens with zero attached hydrogens (tertiary/aromatic N) is 3. The van der Waals surface area contributed by atoms with Crippen molar-refractivity contribution in [1.82, 2.24) is 9.88 Å². The number of hydrogen-bond acceptors (Lipinski definition) is 7. The summed E-state index contributed by atoms with van der Waals surface area (Å²) in [6, 6.07) is 13.6. The summed E-state index contributed by atoms with van der Waals surface area (Å²) in [5, 5.41) is 0. The highest BCUT2D eigenvalue weighted by atomic mass is 16.5. The Kier molecular flexibility index (Phi) is 5.68. The van der Waals surface area contributed by atoms with Gasteiger partial charge in [-0.2, -0.15) is 0 Å². The first-order valence-electron chi connectivity index (χ1n) is 11.3. The molecule has 0 saturated carbocycles. The third-order valence-corrected chi connectivity index (χ3v) is 6.39. The van der Waals surface area contributed by atoms with Gasteiger partial charge >= 0.3 is 5.97 Å². The zero-order valence-electron chi connectivity index (χ0n) is 18.4. The van der Waals surface area contributed by atoms with Crippen LogP contribution in [0, 0.1) is 0 Å². The molecule has 3 heterocycles. The second kappa shape index (κ2) is 8.78. The molecule has 0 N–H and O–H groups in total. The second-order valence-electron chi connectivity index (χ2n) is 8.38.